The predicted octanol–water partition coefficient (Wildman–Crippen LogP) is 3.22. The summed E-state index contributed by atoms with van der Waals surface area (Å²) in [6, 6.07) is 5.31. The van der Waals surface area contributed by atoms with Gasteiger partial charge in [-0.05, 0) is 46.5 Å². The van der Waals surface area contributed by atoms with Crippen LogP contribution in [0.3, 0.4) is 0 Å². The highest BCUT2D eigenvalue weighted by Crippen LogP contribution is 2.49. The van der Waals surface area contributed by atoms with E-state index >= 15 is 0 Å². The van der Waals surface area contributed by atoms with Crippen LogP contribution in [-0.2, 0) is 10.2 Å². The minimum atomic E-state index is -0.744. The summed E-state index contributed by atoms with van der Waals surface area (Å²) in [7, 11) is 0. The van der Waals surface area contributed by atoms with Crippen LogP contribution in [0.1, 0.15) is 18.4 Å². The second kappa shape index (κ2) is 3.24. The Kier molecular flexibility index (Phi) is 2.32. The maximum Gasteiger partial charge on any atom is 0.314 e. The van der Waals surface area contributed by atoms with Crippen molar-refractivity contribution in [2.75, 3.05) is 0 Å². The first-order valence-electron chi connectivity index (χ1n) is 4.25. The van der Waals surface area contributed by atoms with E-state index < -0.39 is 11.4 Å². The number of rotatable bonds is 2. The molecule has 1 fully saturated rings. The summed E-state index contributed by atoms with van der Waals surface area (Å²) < 4.78 is 0.754. The van der Waals surface area contributed by atoms with Crippen molar-refractivity contribution in [1.82, 2.24) is 0 Å². The van der Waals surface area contributed by atoms with Gasteiger partial charge in [-0.3, -0.25) is 4.79 Å². The fourth-order valence-corrected chi connectivity index (χ4v) is 2.04. The molecule has 1 aliphatic carbocycles. The molecule has 1 aromatic carbocycles. The molecule has 14 heavy (non-hydrogen) atoms. The molecule has 0 atom stereocenters. The third-order valence-corrected chi connectivity index (χ3v) is 3.85. The van der Waals surface area contributed by atoms with Crippen LogP contribution < -0.4 is 0 Å². The largest absolute Gasteiger partial charge is 0.481 e. The number of aliphatic carboxylic acids is 1. The van der Waals surface area contributed by atoms with Crippen molar-refractivity contribution in [3.8, 4) is 0 Å². The summed E-state index contributed by atoms with van der Waals surface area (Å²) in [6.07, 6.45) is 1.44. The zero-order chi connectivity index (χ0) is 10.3. The van der Waals surface area contributed by atoms with Crippen LogP contribution in [0.5, 0.6) is 0 Å². The Labute approximate surface area is 95.0 Å². The molecule has 0 saturated heterocycles. The number of hydrogen-bond donors (Lipinski definition) is 1. The molecule has 0 spiro atoms. The minimum Gasteiger partial charge on any atom is -0.481 e. The first-order valence-corrected chi connectivity index (χ1v) is 5.42. The van der Waals surface area contributed by atoms with Crippen LogP contribution in [0.15, 0.2) is 22.7 Å². The number of halogens is 2. The molecular formula is C10H8BrClO2. The van der Waals surface area contributed by atoms with Gasteiger partial charge in [0.1, 0.15) is 0 Å². The summed E-state index contributed by atoms with van der Waals surface area (Å²) >= 11 is 9.13. The molecule has 0 aromatic heterocycles. The Hall–Kier alpha value is -0.540. The molecule has 1 aliphatic rings. The van der Waals surface area contributed by atoms with Crippen LogP contribution in [0.25, 0.3) is 0 Å². The van der Waals surface area contributed by atoms with Gasteiger partial charge < -0.3 is 5.11 Å². The molecule has 74 valence electrons. The van der Waals surface area contributed by atoms with Crippen molar-refractivity contribution in [1.29, 1.82) is 0 Å². The zero-order valence-corrected chi connectivity index (χ0v) is 9.60. The van der Waals surface area contributed by atoms with Gasteiger partial charge in [0, 0.05) is 4.47 Å². The lowest BCUT2D eigenvalue weighted by molar-refractivity contribution is -0.140. The molecule has 0 heterocycles. The molecule has 0 unspecified atom stereocenters. The number of hydrogen-bond acceptors (Lipinski definition) is 1. The van der Waals surface area contributed by atoms with Gasteiger partial charge in [-0.25, -0.2) is 0 Å². The smallest absolute Gasteiger partial charge is 0.314 e. The van der Waals surface area contributed by atoms with Gasteiger partial charge >= 0.3 is 5.97 Å². The topological polar surface area (TPSA) is 37.3 Å². The molecule has 0 amide bonds. The fraction of sp³-hybridized carbons (Fsp3) is 0.300. The van der Waals surface area contributed by atoms with Gasteiger partial charge in [0.15, 0.2) is 0 Å². The lowest BCUT2D eigenvalue weighted by atomic mass is 9.96. The summed E-state index contributed by atoms with van der Waals surface area (Å²) in [4.78, 5) is 11.0. The molecule has 4 heteroatoms. The van der Waals surface area contributed by atoms with Crippen LogP contribution in [0, 0.1) is 0 Å². The molecule has 0 bridgehead atoms. The van der Waals surface area contributed by atoms with Crippen molar-refractivity contribution in [2.24, 2.45) is 0 Å². The van der Waals surface area contributed by atoms with Gasteiger partial charge in [-0.15, -0.1) is 0 Å². The average Bonchev–Trinajstić information content (AvgIpc) is 2.90. The SMILES string of the molecule is O=C(O)C1(c2ccc(Cl)c(Br)c2)CC1. The lowest BCUT2D eigenvalue weighted by Crippen LogP contribution is -2.19. The number of carboxylic acid groups (broad SMARTS) is 1. The normalized spacial score (nSPS) is 17.9. The summed E-state index contributed by atoms with van der Waals surface area (Å²) in [5, 5.41) is 9.68. The summed E-state index contributed by atoms with van der Waals surface area (Å²) in [5.41, 5.74) is 0.189. The van der Waals surface area contributed by atoms with E-state index in [1.807, 2.05) is 0 Å². The van der Waals surface area contributed by atoms with Crippen LogP contribution in [0.2, 0.25) is 5.02 Å². The lowest BCUT2D eigenvalue weighted by Gasteiger charge is -2.10. The van der Waals surface area contributed by atoms with Crippen molar-refractivity contribution in [3.05, 3.63) is 33.3 Å². The predicted molar refractivity (Wildman–Crippen MR) is 57.7 cm³/mol. The standard InChI is InChI=1S/C10H8BrClO2/c11-7-5-6(1-2-8(7)12)10(3-4-10)9(13)14/h1-2,5H,3-4H2,(H,13,14). The highest BCUT2D eigenvalue weighted by Gasteiger charge is 2.51. The molecule has 1 saturated carbocycles. The molecule has 0 radical (unpaired) electrons. The molecule has 1 aromatic rings. The molecule has 0 aliphatic heterocycles. The molecule has 1 N–H and O–H groups in total. The second-order valence-electron chi connectivity index (χ2n) is 3.52. The summed E-state index contributed by atoms with van der Waals surface area (Å²) in [6.45, 7) is 0. The highest BCUT2D eigenvalue weighted by molar-refractivity contribution is 9.10. The van der Waals surface area contributed by atoms with Crippen LogP contribution in [-0.4, -0.2) is 11.1 Å². The third-order valence-electron chi connectivity index (χ3n) is 2.63. The number of carboxylic acids is 1. The first kappa shape index (κ1) is 9.99. The molecular weight excluding hydrogens is 267 g/mol. The van der Waals surface area contributed by atoms with E-state index in [-0.39, 0.29) is 0 Å². The van der Waals surface area contributed by atoms with E-state index in [4.69, 9.17) is 16.7 Å². The van der Waals surface area contributed by atoms with Gasteiger partial charge in [0.25, 0.3) is 0 Å². The molecule has 2 rings (SSSR count). The van der Waals surface area contributed by atoms with Crippen LogP contribution >= 0.6 is 27.5 Å². The molecule has 2 nitrogen and oxygen atoms in total. The second-order valence-corrected chi connectivity index (χ2v) is 4.78. The maximum absolute atomic E-state index is 11.0. The van der Waals surface area contributed by atoms with Gasteiger partial charge in [-0.1, -0.05) is 17.7 Å². The van der Waals surface area contributed by atoms with E-state index in [9.17, 15) is 4.79 Å². The van der Waals surface area contributed by atoms with Crippen molar-refractivity contribution >= 4 is 33.5 Å². The van der Waals surface area contributed by atoms with E-state index in [0.717, 1.165) is 22.9 Å². The van der Waals surface area contributed by atoms with Crippen molar-refractivity contribution in [2.45, 2.75) is 18.3 Å². The Morgan fingerprint density at radius 3 is 2.57 bits per heavy atom. The average molecular weight is 276 g/mol. The summed E-state index contributed by atoms with van der Waals surface area (Å²) in [5.74, 6) is -0.744. The Morgan fingerprint density at radius 1 is 1.50 bits per heavy atom. The van der Waals surface area contributed by atoms with E-state index in [2.05, 4.69) is 15.9 Å². The first-order chi connectivity index (χ1) is 6.56. The van der Waals surface area contributed by atoms with E-state index in [1.165, 1.54) is 0 Å². The van der Waals surface area contributed by atoms with Gasteiger partial charge in [-0.2, -0.15) is 0 Å². The quantitative estimate of drug-likeness (QED) is 0.900. The Morgan fingerprint density at radius 2 is 2.14 bits per heavy atom. The maximum atomic E-state index is 11.0. The van der Waals surface area contributed by atoms with Crippen molar-refractivity contribution < 1.29 is 9.90 Å². The highest BCUT2D eigenvalue weighted by atomic mass is 79.9. The minimum absolute atomic E-state index is 0.606. The monoisotopic (exact) mass is 274 g/mol. The van der Waals surface area contributed by atoms with Crippen molar-refractivity contribution in [3.63, 3.8) is 0 Å². The number of benzene rings is 1. The zero-order valence-electron chi connectivity index (χ0n) is 7.26. The van der Waals surface area contributed by atoms with Gasteiger partial charge in [0.2, 0.25) is 0 Å². The fourth-order valence-electron chi connectivity index (χ4n) is 1.54. The third kappa shape index (κ3) is 1.44. The number of carbonyl (C=O) groups is 1. The van der Waals surface area contributed by atoms with Gasteiger partial charge in [0.05, 0.1) is 10.4 Å². The van der Waals surface area contributed by atoms with Crippen LogP contribution in [0.4, 0.5) is 0 Å². The Bertz CT molecular complexity index is 399. The Balaban J connectivity index is 2.43. The van der Waals surface area contributed by atoms with E-state index in [0.29, 0.717) is 5.02 Å². The van der Waals surface area contributed by atoms with E-state index in [1.54, 1.807) is 18.2 Å².